The third kappa shape index (κ3) is 29.5. The van der Waals surface area contributed by atoms with Crippen molar-refractivity contribution in [3.05, 3.63) is 24.3 Å². The average Bonchev–Trinajstić information content (AvgIpc) is 3.04. The van der Waals surface area contributed by atoms with E-state index in [1.165, 1.54) is 217 Å². The largest absolute Gasteiger partial charge is 0.385 e. The minimum Gasteiger partial charge on any atom is -0.385 e. The molecule has 2 heteroatoms. The highest BCUT2D eigenvalue weighted by Gasteiger charge is 1.99. The third-order valence-corrected chi connectivity index (χ3v) is 9.58. The van der Waals surface area contributed by atoms with Gasteiger partial charge < -0.3 is 10.6 Å². The van der Waals surface area contributed by atoms with Crippen LogP contribution in [0.5, 0.6) is 0 Å². The maximum absolute atomic E-state index is 3.65. The van der Waals surface area contributed by atoms with Crippen molar-refractivity contribution in [2.75, 3.05) is 23.7 Å². The molecular formula is C42H80N2. The lowest BCUT2D eigenvalue weighted by Gasteiger charge is -2.10. The summed E-state index contributed by atoms with van der Waals surface area (Å²) in [5, 5.41) is 7.31. The first kappa shape index (κ1) is 40.8. The van der Waals surface area contributed by atoms with Crippen LogP contribution in [0.3, 0.4) is 0 Å². The topological polar surface area (TPSA) is 24.1 Å². The Kier molecular flexibility index (Phi) is 32.2. The number of hydrogen-bond donors (Lipinski definition) is 2. The molecular weight excluding hydrogens is 532 g/mol. The predicted molar refractivity (Wildman–Crippen MR) is 203 cm³/mol. The zero-order valence-corrected chi connectivity index (χ0v) is 30.4. The molecule has 0 heterocycles. The molecule has 0 bridgehead atoms. The van der Waals surface area contributed by atoms with Gasteiger partial charge in [-0.15, -0.1) is 0 Å². The summed E-state index contributed by atoms with van der Waals surface area (Å²) in [5.41, 5.74) is 2.53. The van der Waals surface area contributed by atoms with Crippen molar-refractivity contribution in [3.63, 3.8) is 0 Å². The molecule has 0 aliphatic rings. The fourth-order valence-electron chi connectivity index (χ4n) is 6.55. The van der Waals surface area contributed by atoms with Crippen molar-refractivity contribution < 1.29 is 0 Å². The second-order valence-corrected chi connectivity index (χ2v) is 14.0. The highest BCUT2D eigenvalue weighted by Crippen LogP contribution is 2.18. The van der Waals surface area contributed by atoms with Crippen LogP contribution in [0.15, 0.2) is 24.3 Å². The second-order valence-electron chi connectivity index (χ2n) is 14.0. The molecule has 1 aromatic carbocycles. The van der Waals surface area contributed by atoms with E-state index in [-0.39, 0.29) is 0 Å². The van der Waals surface area contributed by atoms with E-state index in [2.05, 4.69) is 48.7 Å². The van der Waals surface area contributed by atoms with E-state index in [1.807, 2.05) is 0 Å². The minimum absolute atomic E-state index is 1.10. The summed E-state index contributed by atoms with van der Waals surface area (Å²) < 4.78 is 0. The summed E-state index contributed by atoms with van der Waals surface area (Å²) >= 11 is 0. The van der Waals surface area contributed by atoms with Gasteiger partial charge in [0.1, 0.15) is 0 Å². The Morgan fingerprint density at radius 1 is 0.318 bits per heavy atom. The Morgan fingerprint density at radius 2 is 0.545 bits per heavy atom. The molecule has 0 aliphatic carbocycles. The minimum atomic E-state index is 1.10. The van der Waals surface area contributed by atoms with E-state index < -0.39 is 0 Å². The van der Waals surface area contributed by atoms with Gasteiger partial charge in [-0.2, -0.15) is 0 Å². The molecule has 1 aromatic rings. The Hall–Kier alpha value is -1.18. The number of hydrogen-bond acceptors (Lipinski definition) is 2. The van der Waals surface area contributed by atoms with Gasteiger partial charge in [0.15, 0.2) is 0 Å². The fourth-order valence-corrected chi connectivity index (χ4v) is 6.55. The average molecular weight is 613 g/mol. The van der Waals surface area contributed by atoms with Gasteiger partial charge in [0.2, 0.25) is 0 Å². The molecule has 44 heavy (non-hydrogen) atoms. The molecule has 0 aromatic heterocycles. The number of benzene rings is 1. The number of anilines is 2. The lowest BCUT2D eigenvalue weighted by Crippen LogP contribution is -2.04. The first-order chi connectivity index (χ1) is 21.9. The van der Waals surface area contributed by atoms with Crippen molar-refractivity contribution in [3.8, 4) is 0 Å². The lowest BCUT2D eigenvalue weighted by molar-refractivity contribution is 0.530. The molecule has 0 saturated heterocycles. The molecule has 0 saturated carbocycles. The third-order valence-electron chi connectivity index (χ3n) is 9.58. The molecule has 0 aliphatic heterocycles. The SMILES string of the molecule is CCCCCCCCCCCCCCCCCCNc1cccc(NCCCCCCCCCCCCCCCCCC)c1. The van der Waals surface area contributed by atoms with Crippen LogP contribution in [-0.2, 0) is 0 Å². The smallest absolute Gasteiger partial charge is 0.0360 e. The van der Waals surface area contributed by atoms with E-state index in [9.17, 15) is 0 Å². The summed E-state index contributed by atoms with van der Waals surface area (Å²) in [6.07, 6.45) is 45.8. The standard InChI is InChI=1S/C42H80N2/c1-3-5-7-9-11-13-15-17-19-21-23-25-27-29-31-33-38-43-41-36-35-37-42(40-41)44-39-34-32-30-28-26-24-22-20-18-16-14-12-10-8-6-4-2/h35-37,40,43-44H,3-34,38-39H2,1-2H3. The molecule has 1 rings (SSSR count). The highest BCUT2D eigenvalue weighted by molar-refractivity contribution is 5.56. The van der Waals surface area contributed by atoms with Crippen LogP contribution in [0.4, 0.5) is 11.4 Å². The van der Waals surface area contributed by atoms with Crippen LogP contribution < -0.4 is 10.6 Å². The molecule has 0 spiro atoms. The Labute approximate surface area is 278 Å². The number of rotatable bonds is 36. The van der Waals surface area contributed by atoms with Crippen LogP contribution in [-0.4, -0.2) is 13.1 Å². The van der Waals surface area contributed by atoms with Crippen molar-refractivity contribution in [2.45, 2.75) is 219 Å². The molecule has 258 valence electrons. The van der Waals surface area contributed by atoms with Gasteiger partial charge in [0, 0.05) is 24.5 Å². The molecule has 0 fully saturated rings. The summed E-state index contributed by atoms with van der Waals surface area (Å²) in [4.78, 5) is 0. The lowest BCUT2D eigenvalue weighted by atomic mass is 10.0. The molecule has 0 atom stereocenters. The number of unbranched alkanes of at least 4 members (excludes halogenated alkanes) is 30. The highest BCUT2D eigenvalue weighted by atomic mass is 14.9. The molecule has 0 amide bonds. The normalized spacial score (nSPS) is 11.3. The summed E-state index contributed by atoms with van der Waals surface area (Å²) in [6.45, 7) is 6.80. The Balaban J connectivity index is 1.83. The summed E-state index contributed by atoms with van der Waals surface area (Å²) in [6, 6.07) is 8.91. The molecule has 0 unspecified atom stereocenters. The van der Waals surface area contributed by atoms with Gasteiger partial charge >= 0.3 is 0 Å². The maximum Gasteiger partial charge on any atom is 0.0360 e. The fraction of sp³-hybridized carbons (Fsp3) is 0.857. The van der Waals surface area contributed by atoms with Crippen molar-refractivity contribution in [1.82, 2.24) is 0 Å². The van der Waals surface area contributed by atoms with E-state index in [4.69, 9.17) is 0 Å². The maximum atomic E-state index is 3.65. The Bertz CT molecular complexity index is 618. The van der Waals surface area contributed by atoms with Gasteiger partial charge in [-0.05, 0) is 31.0 Å². The second kappa shape index (κ2) is 34.7. The summed E-state index contributed by atoms with van der Waals surface area (Å²) in [5.74, 6) is 0. The van der Waals surface area contributed by atoms with Crippen molar-refractivity contribution in [2.24, 2.45) is 0 Å². The van der Waals surface area contributed by atoms with Gasteiger partial charge in [0.05, 0.1) is 0 Å². The van der Waals surface area contributed by atoms with Crippen molar-refractivity contribution >= 4 is 11.4 Å². The number of nitrogens with one attached hydrogen (secondary N) is 2. The molecule has 2 nitrogen and oxygen atoms in total. The van der Waals surface area contributed by atoms with E-state index >= 15 is 0 Å². The monoisotopic (exact) mass is 613 g/mol. The predicted octanol–water partition coefficient (Wildman–Crippen LogP) is 15.0. The van der Waals surface area contributed by atoms with Gasteiger partial charge in [-0.1, -0.05) is 213 Å². The van der Waals surface area contributed by atoms with Crippen molar-refractivity contribution in [1.29, 1.82) is 0 Å². The van der Waals surface area contributed by atoms with E-state index in [0.717, 1.165) is 13.1 Å². The van der Waals surface area contributed by atoms with Gasteiger partial charge in [-0.3, -0.25) is 0 Å². The zero-order chi connectivity index (χ0) is 31.4. The van der Waals surface area contributed by atoms with Crippen LogP contribution in [0.25, 0.3) is 0 Å². The van der Waals surface area contributed by atoms with Gasteiger partial charge in [0.25, 0.3) is 0 Å². The first-order valence-corrected chi connectivity index (χ1v) is 20.4. The summed E-state index contributed by atoms with van der Waals surface area (Å²) in [7, 11) is 0. The van der Waals surface area contributed by atoms with Gasteiger partial charge in [-0.25, -0.2) is 0 Å². The van der Waals surface area contributed by atoms with Crippen LogP contribution in [0, 0.1) is 0 Å². The zero-order valence-electron chi connectivity index (χ0n) is 30.4. The van der Waals surface area contributed by atoms with E-state index in [1.54, 1.807) is 0 Å². The molecule has 0 radical (unpaired) electrons. The molecule has 2 N–H and O–H groups in total. The van der Waals surface area contributed by atoms with Crippen LogP contribution in [0.1, 0.15) is 219 Å². The van der Waals surface area contributed by atoms with Crippen LogP contribution >= 0.6 is 0 Å². The quantitative estimate of drug-likeness (QED) is 0.0737. The first-order valence-electron chi connectivity index (χ1n) is 20.4. The van der Waals surface area contributed by atoms with E-state index in [0.29, 0.717) is 0 Å². The van der Waals surface area contributed by atoms with Crippen LogP contribution in [0.2, 0.25) is 0 Å². The Morgan fingerprint density at radius 3 is 0.795 bits per heavy atom.